The minimum absolute atomic E-state index is 0.114. The molecule has 4 rings (SSSR count). The Morgan fingerprint density at radius 3 is 2.41 bits per heavy atom. The van der Waals surface area contributed by atoms with E-state index in [0.29, 0.717) is 37.5 Å². The van der Waals surface area contributed by atoms with Crippen LogP contribution in [0.15, 0.2) is 58.3 Å². The molecule has 1 fully saturated rings. The van der Waals surface area contributed by atoms with Gasteiger partial charge in [-0.25, -0.2) is 8.42 Å². The molecule has 0 bridgehead atoms. The number of piperidine rings is 1. The molecule has 0 aliphatic carbocycles. The number of para-hydroxylation sites is 1. The van der Waals surface area contributed by atoms with Crippen LogP contribution in [-0.4, -0.2) is 44.0 Å². The standard InChI is InChI=1S/C21H23ClN2O3S2/c22-17-6-8-18(9-7-17)29(26,27)23-13-10-16(11-14-23)21(25)24-12-3-15-28-20-5-2-1-4-19(20)24/h1-2,4-9,16H,3,10-15H2. The normalized spacial score (nSPS) is 18.9. The molecule has 1 saturated heterocycles. The number of rotatable bonds is 3. The lowest BCUT2D eigenvalue weighted by Gasteiger charge is -2.33. The van der Waals surface area contributed by atoms with E-state index in [1.807, 2.05) is 23.1 Å². The molecule has 5 nitrogen and oxygen atoms in total. The first-order chi connectivity index (χ1) is 14.0. The number of thioether (sulfide) groups is 1. The van der Waals surface area contributed by atoms with Crippen molar-refractivity contribution in [3.8, 4) is 0 Å². The molecular formula is C21H23ClN2O3S2. The molecule has 2 aliphatic rings. The van der Waals surface area contributed by atoms with Crippen molar-refractivity contribution in [3.05, 3.63) is 53.6 Å². The van der Waals surface area contributed by atoms with Gasteiger partial charge in [-0.05, 0) is 61.4 Å². The first-order valence-corrected chi connectivity index (χ1v) is 12.6. The Labute approximate surface area is 181 Å². The molecule has 2 aromatic carbocycles. The van der Waals surface area contributed by atoms with Crippen LogP contribution < -0.4 is 4.90 Å². The van der Waals surface area contributed by atoms with Crippen molar-refractivity contribution in [3.63, 3.8) is 0 Å². The smallest absolute Gasteiger partial charge is 0.243 e. The van der Waals surface area contributed by atoms with Crippen LogP contribution in [0, 0.1) is 5.92 Å². The van der Waals surface area contributed by atoms with E-state index >= 15 is 0 Å². The topological polar surface area (TPSA) is 57.7 Å². The summed E-state index contributed by atoms with van der Waals surface area (Å²) in [6.45, 7) is 1.42. The third-order valence-corrected chi connectivity index (χ3v) is 8.77. The zero-order valence-electron chi connectivity index (χ0n) is 16.0. The first-order valence-electron chi connectivity index (χ1n) is 9.76. The molecule has 2 heterocycles. The number of fused-ring (bicyclic) bond motifs is 1. The van der Waals surface area contributed by atoms with Crippen LogP contribution >= 0.6 is 23.4 Å². The Morgan fingerprint density at radius 1 is 1.00 bits per heavy atom. The van der Waals surface area contributed by atoms with Crippen LogP contribution in [0.5, 0.6) is 0 Å². The molecule has 8 heteroatoms. The van der Waals surface area contributed by atoms with Crippen molar-refractivity contribution in [1.82, 2.24) is 4.31 Å². The average Bonchev–Trinajstić information content (AvgIpc) is 2.96. The molecule has 29 heavy (non-hydrogen) atoms. The van der Waals surface area contributed by atoms with E-state index in [-0.39, 0.29) is 16.7 Å². The number of carbonyl (C=O) groups excluding carboxylic acids is 1. The largest absolute Gasteiger partial charge is 0.311 e. The molecule has 0 spiro atoms. The maximum atomic E-state index is 13.3. The molecule has 0 atom stereocenters. The van der Waals surface area contributed by atoms with Crippen molar-refractivity contribution < 1.29 is 13.2 Å². The Balaban J connectivity index is 1.46. The van der Waals surface area contributed by atoms with Crippen LogP contribution in [-0.2, 0) is 14.8 Å². The summed E-state index contributed by atoms with van der Waals surface area (Å²) in [5.74, 6) is 0.963. The number of hydrogen-bond acceptors (Lipinski definition) is 4. The van der Waals surface area contributed by atoms with Gasteiger partial charge in [0.15, 0.2) is 0 Å². The number of carbonyl (C=O) groups is 1. The Morgan fingerprint density at radius 2 is 1.69 bits per heavy atom. The van der Waals surface area contributed by atoms with E-state index in [1.54, 1.807) is 23.9 Å². The quantitative estimate of drug-likeness (QED) is 0.700. The van der Waals surface area contributed by atoms with Crippen LogP contribution in [0.3, 0.4) is 0 Å². The van der Waals surface area contributed by atoms with Crippen molar-refractivity contribution in [2.75, 3.05) is 30.3 Å². The highest BCUT2D eigenvalue weighted by atomic mass is 35.5. The highest BCUT2D eigenvalue weighted by molar-refractivity contribution is 7.99. The van der Waals surface area contributed by atoms with Gasteiger partial charge >= 0.3 is 0 Å². The summed E-state index contributed by atoms with van der Waals surface area (Å²) in [4.78, 5) is 16.6. The highest BCUT2D eigenvalue weighted by Crippen LogP contribution is 2.35. The SMILES string of the molecule is O=C(C1CCN(S(=O)(=O)c2ccc(Cl)cc2)CC1)N1CCCSc2ccccc21. The molecule has 1 amide bonds. The summed E-state index contributed by atoms with van der Waals surface area (Å²) >= 11 is 7.66. The number of amides is 1. The van der Waals surface area contributed by atoms with Crippen molar-refractivity contribution >= 4 is 45.0 Å². The zero-order chi connectivity index (χ0) is 20.4. The molecular weight excluding hydrogens is 428 g/mol. The van der Waals surface area contributed by atoms with Crippen LogP contribution in [0.25, 0.3) is 0 Å². The summed E-state index contributed by atoms with van der Waals surface area (Å²) in [5, 5.41) is 0.504. The van der Waals surface area contributed by atoms with Crippen LogP contribution in [0.1, 0.15) is 19.3 Å². The summed E-state index contributed by atoms with van der Waals surface area (Å²) in [6, 6.07) is 14.3. The number of hydrogen-bond donors (Lipinski definition) is 0. The maximum Gasteiger partial charge on any atom is 0.243 e. The first kappa shape index (κ1) is 20.7. The van der Waals surface area contributed by atoms with Crippen molar-refractivity contribution in [2.24, 2.45) is 5.92 Å². The van der Waals surface area contributed by atoms with E-state index in [4.69, 9.17) is 11.6 Å². The van der Waals surface area contributed by atoms with Gasteiger partial charge in [0, 0.05) is 35.5 Å². The molecule has 154 valence electrons. The van der Waals surface area contributed by atoms with E-state index < -0.39 is 10.0 Å². The van der Waals surface area contributed by atoms with Gasteiger partial charge in [0.1, 0.15) is 0 Å². The van der Waals surface area contributed by atoms with Gasteiger partial charge in [0.25, 0.3) is 0 Å². The third-order valence-electron chi connectivity index (χ3n) is 5.46. The molecule has 0 N–H and O–H groups in total. The summed E-state index contributed by atoms with van der Waals surface area (Å²) in [7, 11) is -3.56. The van der Waals surface area contributed by atoms with Gasteiger partial charge in [0.05, 0.1) is 10.6 Å². The maximum absolute atomic E-state index is 13.3. The zero-order valence-corrected chi connectivity index (χ0v) is 18.3. The lowest BCUT2D eigenvalue weighted by molar-refractivity contribution is -0.123. The minimum Gasteiger partial charge on any atom is -0.311 e. The second-order valence-corrected chi connectivity index (χ2v) is 10.8. The third kappa shape index (κ3) is 4.33. The summed E-state index contributed by atoms with van der Waals surface area (Å²) in [5.41, 5.74) is 0.983. The van der Waals surface area contributed by atoms with Gasteiger partial charge in [-0.3, -0.25) is 4.79 Å². The number of nitrogens with zero attached hydrogens (tertiary/aromatic N) is 2. The van der Waals surface area contributed by atoms with Crippen molar-refractivity contribution in [1.29, 1.82) is 0 Å². The highest BCUT2D eigenvalue weighted by Gasteiger charge is 2.35. The monoisotopic (exact) mass is 450 g/mol. The number of benzene rings is 2. The Kier molecular flexibility index (Phi) is 6.20. The fraction of sp³-hybridized carbons (Fsp3) is 0.381. The molecule has 0 aromatic heterocycles. The molecule has 2 aliphatic heterocycles. The lowest BCUT2D eigenvalue weighted by Crippen LogP contribution is -2.44. The average molecular weight is 451 g/mol. The minimum atomic E-state index is -3.56. The number of anilines is 1. The number of halogens is 1. The summed E-state index contributed by atoms with van der Waals surface area (Å²) in [6.07, 6.45) is 2.03. The fourth-order valence-electron chi connectivity index (χ4n) is 3.88. The van der Waals surface area contributed by atoms with Gasteiger partial charge < -0.3 is 4.90 Å². The van der Waals surface area contributed by atoms with Gasteiger partial charge in [-0.1, -0.05) is 23.7 Å². The van der Waals surface area contributed by atoms with Crippen molar-refractivity contribution in [2.45, 2.75) is 29.1 Å². The second kappa shape index (κ2) is 8.68. The van der Waals surface area contributed by atoms with Gasteiger partial charge in [-0.2, -0.15) is 4.31 Å². The predicted octanol–water partition coefficient (Wildman–Crippen LogP) is 4.27. The molecule has 2 aromatic rings. The van der Waals surface area contributed by atoms with E-state index in [9.17, 15) is 13.2 Å². The van der Waals surface area contributed by atoms with E-state index in [1.165, 1.54) is 16.4 Å². The van der Waals surface area contributed by atoms with Crippen LogP contribution in [0.2, 0.25) is 5.02 Å². The second-order valence-electron chi connectivity index (χ2n) is 7.29. The van der Waals surface area contributed by atoms with E-state index in [0.717, 1.165) is 22.8 Å². The van der Waals surface area contributed by atoms with Gasteiger partial charge in [0.2, 0.25) is 15.9 Å². The molecule has 0 saturated carbocycles. The van der Waals surface area contributed by atoms with Gasteiger partial charge in [-0.15, -0.1) is 11.8 Å². The lowest BCUT2D eigenvalue weighted by atomic mass is 9.96. The van der Waals surface area contributed by atoms with Crippen LogP contribution in [0.4, 0.5) is 5.69 Å². The predicted molar refractivity (Wildman–Crippen MR) is 117 cm³/mol. The molecule has 0 radical (unpaired) electrons. The van der Waals surface area contributed by atoms with E-state index in [2.05, 4.69) is 6.07 Å². The number of sulfonamides is 1. The molecule has 0 unspecified atom stereocenters. The fourth-order valence-corrected chi connectivity index (χ4v) is 6.47. The Hall–Kier alpha value is -1.54. The Bertz CT molecular complexity index is 987. The summed E-state index contributed by atoms with van der Waals surface area (Å²) < 4.78 is 27.2.